The first-order valence-corrected chi connectivity index (χ1v) is 10.1. The summed E-state index contributed by atoms with van der Waals surface area (Å²) in [4.78, 5) is 15.6. The molecule has 2 aromatic heterocycles. The predicted molar refractivity (Wildman–Crippen MR) is 111 cm³/mol. The van der Waals surface area contributed by atoms with Gasteiger partial charge >= 0.3 is 0 Å². The largest absolute Gasteiger partial charge is 0.493 e. The van der Waals surface area contributed by atoms with E-state index in [2.05, 4.69) is 29.7 Å². The summed E-state index contributed by atoms with van der Waals surface area (Å²) in [5, 5.41) is 3.07. The molecule has 4 rings (SSSR count). The van der Waals surface area contributed by atoms with Crippen LogP contribution in [0.2, 0.25) is 0 Å². The van der Waals surface area contributed by atoms with Crippen molar-refractivity contribution in [1.29, 1.82) is 0 Å². The van der Waals surface area contributed by atoms with Crippen molar-refractivity contribution in [1.82, 2.24) is 24.4 Å². The van der Waals surface area contributed by atoms with E-state index in [-0.39, 0.29) is 0 Å². The number of para-hydroxylation sites is 1. The molecule has 7 heteroatoms. The highest BCUT2D eigenvalue weighted by molar-refractivity contribution is 5.82. The molecule has 1 N–H and O–H groups in total. The molecule has 1 aliphatic rings. The molecule has 0 saturated carbocycles. The van der Waals surface area contributed by atoms with Crippen molar-refractivity contribution < 1.29 is 4.74 Å². The Bertz CT molecular complexity index is 873. The van der Waals surface area contributed by atoms with E-state index in [4.69, 9.17) is 4.74 Å². The van der Waals surface area contributed by atoms with Gasteiger partial charge in [0.1, 0.15) is 17.6 Å². The number of aromatic nitrogens is 4. The molecule has 1 saturated heterocycles. The van der Waals surface area contributed by atoms with E-state index < -0.39 is 0 Å². The number of hydrogen-bond acceptors (Lipinski definition) is 6. The Morgan fingerprint density at radius 3 is 2.68 bits per heavy atom. The van der Waals surface area contributed by atoms with E-state index >= 15 is 0 Å². The van der Waals surface area contributed by atoms with Gasteiger partial charge in [0.05, 0.1) is 12.9 Å². The van der Waals surface area contributed by atoms with Crippen LogP contribution in [0.3, 0.4) is 0 Å². The van der Waals surface area contributed by atoms with Crippen LogP contribution in [0.25, 0.3) is 11.2 Å². The lowest BCUT2D eigenvalue weighted by Crippen LogP contribution is -2.36. The van der Waals surface area contributed by atoms with Gasteiger partial charge in [-0.3, -0.25) is 0 Å². The molecule has 0 radical (unpaired) electrons. The number of hydrogen-bond donors (Lipinski definition) is 1. The van der Waals surface area contributed by atoms with Crippen LogP contribution >= 0.6 is 0 Å². The first kappa shape index (κ1) is 18.7. The summed E-state index contributed by atoms with van der Waals surface area (Å²) in [6.07, 6.45) is 6.97. The van der Waals surface area contributed by atoms with Crippen LogP contribution in [0, 0.1) is 5.92 Å². The molecule has 0 spiro atoms. The van der Waals surface area contributed by atoms with E-state index in [0.717, 1.165) is 61.9 Å². The highest BCUT2D eigenvalue weighted by atomic mass is 16.5. The van der Waals surface area contributed by atoms with Gasteiger partial charge in [-0.05, 0) is 56.9 Å². The van der Waals surface area contributed by atoms with Gasteiger partial charge in [0.2, 0.25) is 0 Å². The average molecular weight is 380 g/mol. The monoisotopic (exact) mass is 380 g/mol. The highest BCUT2D eigenvalue weighted by Gasteiger charge is 2.19. The fourth-order valence-corrected chi connectivity index (χ4v) is 3.80. The molecule has 28 heavy (non-hydrogen) atoms. The molecule has 0 aliphatic carbocycles. The van der Waals surface area contributed by atoms with Gasteiger partial charge in [0.15, 0.2) is 11.5 Å². The molecule has 3 aromatic rings. The third kappa shape index (κ3) is 4.42. The van der Waals surface area contributed by atoms with Crippen LogP contribution in [-0.4, -0.2) is 57.7 Å². The maximum Gasteiger partial charge on any atom is 0.165 e. The lowest BCUT2D eigenvalue weighted by Gasteiger charge is -2.31. The fourth-order valence-electron chi connectivity index (χ4n) is 3.80. The Balaban J connectivity index is 1.20. The quantitative estimate of drug-likeness (QED) is 0.648. The smallest absolute Gasteiger partial charge is 0.165 e. The summed E-state index contributed by atoms with van der Waals surface area (Å²) in [5.41, 5.74) is 1.74. The first-order chi connectivity index (χ1) is 13.8. The Labute approximate surface area is 165 Å². The van der Waals surface area contributed by atoms with Crippen molar-refractivity contribution in [3.63, 3.8) is 0 Å². The number of nitrogens with one attached hydrogen (secondary N) is 1. The Morgan fingerprint density at radius 1 is 1.07 bits per heavy atom. The van der Waals surface area contributed by atoms with E-state index in [1.807, 2.05) is 43.7 Å². The Hall–Kier alpha value is -2.67. The molecular weight excluding hydrogens is 352 g/mol. The zero-order valence-electron chi connectivity index (χ0n) is 16.4. The Morgan fingerprint density at radius 2 is 1.89 bits per heavy atom. The van der Waals surface area contributed by atoms with Gasteiger partial charge in [-0.2, -0.15) is 0 Å². The average Bonchev–Trinajstić information content (AvgIpc) is 3.17. The zero-order chi connectivity index (χ0) is 19.2. The van der Waals surface area contributed by atoms with Crippen molar-refractivity contribution in [2.45, 2.75) is 25.8 Å². The molecule has 1 aromatic carbocycles. The summed E-state index contributed by atoms with van der Waals surface area (Å²) >= 11 is 0. The number of rotatable bonds is 8. The van der Waals surface area contributed by atoms with Crippen LogP contribution in [0.15, 0.2) is 43.0 Å². The normalized spacial score (nSPS) is 15.8. The summed E-state index contributed by atoms with van der Waals surface area (Å²) in [6, 6.07) is 10.1. The molecule has 148 valence electrons. The second-order valence-corrected chi connectivity index (χ2v) is 7.35. The molecule has 0 unspecified atom stereocenters. The van der Waals surface area contributed by atoms with Gasteiger partial charge in [-0.1, -0.05) is 18.2 Å². The summed E-state index contributed by atoms with van der Waals surface area (Å²) in [5.74, 6) is 2.41. The van der Waals surface area contributed by atoms with E-state index in [1.54, 1.807) is 6.33 Å². The minimum Gasteiger partial charge on any atom is -0.493 e. The van der Waals surface area contributed by atoms with Crippen molar-refractivity contribution in [2.24, 2.45) is 5.92 Å². The van der Waals surface area contributed by atoms with Crippen LogP contribution in [0.4, 0.5) is 5.82 Å². The lowest BCUT2D eigenvalue weighted by molar-refractivity contribution is 0.139. The third-order valence-electron chi connectivity index (χ3n) is 5.45. The van der Waals surface area contributed by atoms with Crippen LogP contribution in [-0.2, 0) is 6.54 Å². The molecule has 7 nitrogen and oxygen atoms in total. The van der Waals surface area contributed by atoms with Crippen molar-refractivity contribution in [2.75, 3.05) is 38.6 Å². The number of nitrogens with zero attached hydrogens (tertiary/aromatic N) is 5. The fraction of sp³-hybridized carbons (Fsp3) is 0.476. The molecule has 1 fully saturated rings. The molecule has 0 bridgehead atoms. The van der Waals surface area contributed by atoms with Gasteiger partial charge in [0, 0.05) is 13.6 Å². The first-order valence-electron chi connectivity index (χ1n) is 10.1. The number of imidazole rings is 1. The third-order valence-corrected chi connectivity index (χ3v) is 5.45. The number of fused-ring (bicyclic) bond motifs is 1. The molecule has 0 atom stereocenters. The van der Waals surface area contributed by atoms with Gasteiger partial charge in [0.25, 0.3) is 0 Å². The molecule has 0 amide bonds. The maximum atomic E-state index is 5.92. The topological polar surface area (TPSA) is 68.1 Å². The molecular formula is C21H28N6O. The number of likely N-dealkylation sites (tertiary alicyclic amines) is 1. The number of ether oxygens (including phenoxy) is 1. The standard InChI is InChI=1S/C21H28N6O/c1-22-20-19-21(24-15-23-20)27(16-25-19)11-5-10-26-12-8-17(9-13-26)14-28-18-6-3-2-4-7-18/h2-4,6-7,15-17H,5,8-14H2,1H3,(H,22,23,24). The second kappa shape index (κ2) is 9.01. The minimum absolute atomic E-state index is 0.658. The Kier molecular flexibility index (Phi) is 6.01. The second-order valence-electron chi connectivity index (χ2n) is 7.35. The van der Waals surface area contributed by atoms with Gasteiger partial charge in [-0.25, -0.2) is 15.0 Å². The highest BCUT2D eigenvalue weighted by Crippen LogP contribution is 2.20. The minimum atomic E-state index is 0.658. The summed E-state index contributed by atoms with van der Waals surface area (Å²) in [7, 11) is 1.86. The van der Waals surface area contributed by atoms with Crippen LogP contribution < -0.4 is 10.1 Å². The van der Waals surface area contributed by atoms with Gasteiger partial charge in [-0.15, -0.1) is 0 Å². The van der Waals surface area contributed by atoms with Crippen LogP contribution in [0.1, 0.15) is 19.3 Å². The van der Waals surface area contributed by atoms with Gasteiger partial charge < -0.3 is 19.5 Å². The maximum absolute atomic E-state index is 5.92. The number of anilines is 1. The molecule has 1 aliphatic heterocycles. The van der Waals surface area contributed by atoms with E-state index in [0.29, 0.717) is 5.92 Å². The lowest BCUT2D eigenvalue weighted by atomic mass is 9.97. The van der Waals surface area contributed by atoms with E-state index in [1.165, 1.54) is 12.8 Å². The van der Waals surface area contributed by atoms with Crippen molar-refractivity contribution in [3.05, 3.63) is 43.0 Å². The summed E-state index contributed by atoms with van der Waals surface area (Å²) in [6.45, 7) is 5.16. The zero-order valence-corrected chi connectivity index (χ0v) is 16.4. The van der Waals surface area contributed by atoms with Crippen LogP contribution in [0.5, 0.6) is 5.75 Å². The van der Waals surface area contributed by atoms with Crippen molar-refractivity contribution in [3.8, 4) is 5.75 Å². The number of piperidine rings is 1. The summed E-state index contributed by atoms with van der Waals surface area (Å²) < 4.78 is 8.05. The SMILES string of the molecule is CNc1ncnc2c1ncn2CCCN1CCC(COc2ccccc2)CC1. The number of benzene rings is 1. The van der Waals surface area contributed by atoms with Crippen molar-refractivity contribution >= 4 is 17.0 Å². The predicted octanol–water partition coefficient (Wildman–Crippen LogP) is 3.05. The number of aryl methyl sites for hydroxylation is 1. The molecule has 3 heterocycles. The van der Waals surface area contributed by atoms with E-state index in [9.17, 15) is 0 Å².